The molecule has 0 saturated carbocycles. The summed E-state index contributed by atoms with van der Waals surface area (Å²) in [6.45, 7) is 0. The molecule has 7 heteroatoms. The Hall–Kier alpha value is -1.70. The van der Waals surface area contributed by atoms with Crippen molar-refractivity contribution in [3.8, 4) is 0 Å². The normalized spacial score (nSPS) is 13.5. The summed E-state index contributed by atoms with van der Waals surface area (Å²) in [6, 6.07) is 9.73. The maximum atomic E-state index is 12.2. The summed E-state index contributed by atoms with van der Waals surface area (Å²) in [5, 5.41) is 0. The summed E-state index contributed by atoms with van der Waals surface area (Å²) in [7, 11) is -0.607. The van der Waals surface area contributed by atoms with E-state index in [9.17, 15) is 8.42 Å². The number of hydrogen-bond donors (Lipinski definition) is 1. The third kappa shape index (κ3) is 3.73. The Morgan fingerprint density at radius 3 is 2.59 bits per heavy atom. The first kappa shape index (κ1) is 16.7. The first-order valence-electron chi connectivity index (χ1n) is 7.18. The van der Waals surface area contributed by atoms with Crippen LogP contribution in [0.15, 0.2) is 42.7 Å². The highest BCUT2D eigenvalue weighted by Crippen LogP contribution is 2.18. The summed E-state index contributed by atoms with van der Waals surface area (Å²) in [5.74, 6) is 0.377. The fraction of sp³-hybridized carbons (Fsp3) is 0.400. The number of hydrogen-bond acceptors (Lipinski definition) is 4. The average molecular weight is 322 g/mol. The minimum atomic E-state index is -3.58. The lowest BCUT2D eigenvalue weighted by Crippen LogP contribution is -2.31. The van der Waals surface area contributed by atoms with E-state index < -0.39 is 16.3 Å². The Bertz CT molecular complexity index is 695. The zero-order chi connectivity index (χ0) is 16.2. The highest BCUT2D eigenvalue weighted by atomic mass is 32.2. The van der Waals surface area contributed by atoms with Gasteiger partial charge in [0.1, 0.15) is 5.82 Å². The largest absolute Gasteiger partial charge is 0.321 e. The standard InChI is InChI=1S/C15H22N4O2S/c1-18(2)22(20,21)19-12-11-17-15(19)14(16)10-6-9-13-7-4-3-5-8-13/h3-5,7-8,11-12,14H,6,9-10,16H2,1-2H3. The quantitative estimate of drug-likeness (QED) is 0.839. The van der Waals surface area contributed by atoms with Crippen LogP contribution in [0.5, 0.6) is 0 Å². The monoisotopic (exact) mass is 322 g/mol. The number of rotatable bonds is 7. The van der Waals surface area contributed by atoms with Crippen molar-refractivity contribution in [2.45, 2.75) is 25.3 Å². The van der Waals surface area contributed by atoms with Crippen LogP contribution in [0.3, 0.4) is 0 Å². The second kappa shape index (κ2) is 7.04. The van der Waals surface area contributed by atoms with E-state index in [2.05, 4.69) is 17.1 Å². The fourth-order valence-corrected chi connectivity index (χ4v) is 3.21. The predicted octanol–water partition coefficient (Wildman–Crippen LogP) is 1.56. The van der Waals surface area contributed by atoms with Crippen LogP contribution in [0, 0.1) is 0 Å². The van der Waals surface area contributed by atoms with Gasteiger partial charge in [0, 0.05) is 26.5 Å². The Morgan fingerprint density at radius 1 is 1.27 bits per heavy atom. The molecule has 0 fully saturated rings. The minimum Gasteiger partial charge on any atom is -0.321 e. The van der Waals surface area contributed by atoms with Gasteiger partial charge in [-0.2, -0.15) is 12.7 Å². The van der Waals surface area contributed by atoms with Crippen molar-refractivity contribution in [2.24, 2.45) is 5.73 Å². The minimum absolute atomic E-state index is 0.377. The van der Waals surface area contributed by atoms with Crippen LogP contribution in [0.1, 0.15) is 30.3 Å². The van der Waals surface area contributed by atoms with Crippen LogP contribution < -0.4 is 5.73 Å². The van der Waals surface area contributed by atoms with Crippen molar-refractivity contribution in [1.29, 1.82) is 0 Å². The van der Waals surface area contributed by atoms with Gasteiger partial charge in [0.15, 0.2) is 0 Å². The second-order valence-electron chi connectivity index (χ2n) is 5.36. The van der Waals surface area contributed by atoms with Crippen molar-refractivity contribution in [2.75, 3.05) is 14.1 Å². The number of nitrogens with two attached hydrogens (primary N) is 1. The third-order valence-corrected chi connectivity index (χ3v) is 5.23. The molecule has 22 heavy (non-hydrogen) atoms. The van der Waals surface area contributed by atoms with Crippen LogP contribution in [0.2, 0.25) is 0 Å². The molecule has 6 nitrogen and oxygen atoms in total. The molecule has 0 aliphatic carbocycles. The summed E-state index contributed by atoms with van der Waals surface area (Å²) < 4.78 is 26.7. The maximum absolute atomic E-state index is 12.2. The summed E-state index contributed by atoms with van der Waals surface area (Å²) in [4.78, 5) is 4.12. The molecule has 0 amide bonds. The van der Waals surface area contributed by atoms with E-state index in [4.69, 9.17) is 5.73 Å². The van der Waals surface area contributed by atoms with Crippen molar-refractivity contribution in [3.63, 3.8) is 0 Å². The molecule has 0 aliphatic rings. The molecule has 1 heterocycles. The highest BCUT2D eigenvalue weighted by molar-refractivity contribution is 7.87. The van der Waals surface area contributed by atoms with Gasteiger partial charge in [0.05, 0.1) is 6.04 Å². The Labute approximate surface area is 131 Å². The number of imidazole rings is 1. The van der Waals surface area contributed by atoms with Gasteiger partial charge in [-0.25, -0.2) is 8.96 Å². The van der Waals surface area contributed by atoms with Gasteiger partial charge in [-0.15, -0.1) is 0 Å². The lowest BCUT2D eigenvalue weighted by atomic mass is 10.0. The van der Waals surface area contributed by atoms with E-state index in [-0.39, 0.29) is 0 Å². The van der Waals surface area contributed by atoms with Crippen LogP contribution in [0.25, 0.3) is 0 Å². The Balaban J connectivity index is 2.02. The molecule has 2 aromatic rings. The molecule has 0 spiro atoms. The molecule has 1 atom stereocenters. The number of aryl methyl sites for hydroxylation is 1. The molecular weight excluding hydrogens is 300 g/mol. The van der Waals surface area contributed by atoms with Gasteiger partial charge in [-0.3, -0.25) is 0 Å². The SMILES string of the molecule is CN(C)S(=O)(=O)n1ccnc1C(N)CCCc1ccccc1. The fourth-order valence-electron chi connectivity index (χ4n) is 2.23. The van der Waals surface area contributed by atoms with Crippen LogP contribution in [-0.4, -0.2) is 35.8 Å². The van der Waals surface area contributed by atoms with E-state index in [1.807, 2.05) is 18.2 Å². The second-order valence-corrected chi connectivity index (χ2v) is 7.38. The van der Waals surface area contributed by atoms with Crippen molar-refractivity contribution in [1.82, 2.24) is 13.3 Å². The summed E-state index contributed by atoms with van der Waals surface area (Å²) in [6.07, 6.45) is 5.36. The van der Waals surface area contributed by atoms with Gasteiger partial charge < -0.3 is 5.73 Å². The zero-order valence-corrected chi connectivity index (χ0v) is 13.7. The van der Waals surface area contributed by atoms with E-state index in [1.165, 1.54) is 32.1 Å². The molecule has 2 rings (SSSR count). The maximum Gasteiger partial charge on any atom is 0.308 e. The summed E-state index contributed by atoms with van der Waals surface area (Å²) in [5.41, 5.74) is 7.38. The number of benzene rings is 1. The van der Waals surface area contributed by atoms with E-state index >= 15 is 0 Å². The third-order valence-electron chi connectivity index (χ3n) is 3.50. The average Bonchev–Trinajstić information content (AvgIpc) is 2.98. The van der Waals surface area contributed by atoms with E-state index in [0.29, 0.717) is 12.2 Å². The Morgan fingerprint density at radius 2 is 1.95 bits per heavy atom. The van der Waals surface area contributed by atoms with Gasteiger partial charge in [0.25, 0.3) is 0 Å². The number of aromatic nitrogens is 2. The molecule has 1 aromatic heterocycles. The molecule has 0 bridgehead atoms. The topological polar surface area (TPSA) is 81.2 Å². The van der Waals surface area contributed by atoms with E-state index in [0.717, 1.165) is 21.1 Å². The van der Waals surface area contributed by atoms with Crippen molar-refractivity contribution < 1.29 is 8.42 Å². The van der Waals surface area contributed by atoms with E-state index in [1.54, 1.807) is 0 Å². The molecule has 0 aliphatic heterocycles. The smallest absolute Gasteiger partial charge is 0.308 e. The lowest BCUT2D eigenvalue weighted by molar-refractivity contribution is 0.500. The predicted molar refractivity (Wildman–Crippen MR) is 86.5 cm³/mol. The van der Waals surface area contributed by atoms with Crippen molar-refractivity contribution >= 4 is 10.2 Å². The molecule has 0 radical (unpaired) electrons. The van der Waals surface area contributed by atoms with Gasteiger partial charge in [0.2, 0.25) is 0 Å². The molecule has 2 N–H and O–H groups in total. The molecule has 1 unspecified atom stereocenters. The van der Waals surface area contributed by atoms with Crippen LogP contribution in [0.4, 0.5) is 0 Å². The molecule has 120 valence electrons. The zero-order valence-electron chi connectivity index (χ0n) is 12.9. The van der Waals surface area contributed by atoms with Crippen LogP contribution in [-0.2, 0) is 16.6 Å². The highest BCUT2D eigenvalue weighted by Gasteiger charge is 2.23. The summed E-state index contributed by atoms with van der Waals surface area (Å²) >= 11 is 0. The van der Waals surface area contributed by atoms with Crippen molar-refractivity contribution in [3.05, 3.63) is 54.1 Å². The van der Waals surface area contributed by atoms with Crippen LogP contribution >= 0.6 is 0 Å². The molecular formula is C15H22N4O2S. The number of nitrogens with zero attached hydrogens (tertiary/aromatic N) is 3. The molecule has 1 aromatic carbocycles. The molecule has 0 saturated heterocycles. The Kier molecular flexibility index (Phi) is 5.33. The lowest BCUT2D eigenvalue weighted by Gasteiger charge is -2.17. The van der Waals surface area contributed by atoms with Gasteiger partial charge >= 0.3 is 10.2 Å². The first-order chi connectivity index (χ1) is 10.4. The first-order valence-corrected chi connectivity index (χ1v) is 8.58. The van der Waals surface area contributed by atoms with Gasteiger partial charge in [-0.05, 0) is 24.8 Å². The van der Waals surface area contributed by atoms with Gasteiger partial charge in [-0.1, -0.05) is 30.3 Å².